The van der Waals surface area contributed by atoms with E-state index in [0.29, 0.717) is 29.6 Å². The molecule has 5 fully saturated rings. The number of nitrogens with zero attached hydrogens (tertiary/aromatic N) is 1. The molecule has 1 heterocycles. The monoisotopic (exact) mass is 449 g/mol. The average molecular weight is 450 g/mol. The average Bonchev–Trinajstić information content (AvgIpc) is 3.33. The largest absolute Gasteiger partial charge is 0.390 e. The molecule has 33 heavy (non-hydrogen) atoms. The first-order valence-corrected chi connectivity index (χ1v) is 13.9. The summed E-state index contributed by atoms with van der Waals surface area (Å²) in [5.41, 5.74) is 1.32. The van der Waals surface area contributed by atoms with Gasteiger partial charge in [0.2, 0.25) is 5.91 Å². The van der Waals surface area contributed by atoms with Crippen molar-refractivity contribution in [3.05, 3.63) is 35.9 Å². The van der Waals surface area contributed by atoms with Crippen LogP contribution in [-0.2, 0) is 4.79 Å². The van der Waals surface area contributed by atoms with Gasteiger partial charge >= 0.3 is 0 Å². The molecule has 1 aromatic carbocycles. The standard InChI is InChI=1S/C30H43NO2/c1-29(33)14-12-24-21(17-29)8-10-26-25(24)13-15-30(2)23(9-11-27(26)30)19-31-18-22(16-28(31)32)20-6-4-3-5-7-20/h3-7,21-27,33H,8-19H2,1-2H3/t21-,22+,23-,24+,25-,26-,27+,29-,30-/m1/s1. The smallest absolute Gasteiger partial charge is 0.223 e. The summed E-state index contributed by atoms with van der Waals surface area (Å²) < 4.78 is 0. The van der Waals surface area contributed by atoms with E-state index in [0.717, 1.165) is 55.5 Å². The third-order valence-corrected chi connectivity index (χ3v) is 11.4. The molecule has 3 heteroatoms. The van der Waals surface area contributed by atoms with E-state index in [1.807, 2.05) is 0 Å². The highest BCUT2D eigenvalue weighted by molar-refractivity contribution is 5.79. The molecule has 180 valence electrons. The molecule has 4 saturated carbocycles. The maximum Gasteiger partial charge on any atom is 0.223 e. The molecule has 1 aliphatic heterocycles. The number of hydrogen-bond acceptors (Lipinski definition) is 2. The zero-order valence-electron chi connectivity index (χ0n) is 20.7. The van der Waals surface area contributed by atoms with Crippen molar-refractivity contribution >= 4 is 5.91 Å². The maximum atomic E-state index is 13.0. The fraction of sp³-hybridized carbons (Fsp3) is 0.767. The number of aliphatic hydroxyl groups is 1. The van der Waals surface area contributed by atoms with Crippen LogP contribution in [0.25, 0.3) is 0 Å². The fourth-order valence-electron chi connectivity index (χ4n) is 9.65. The number of carbonyl (C=O) groups is 1. The SMILES string of the molecule is C[C@@]1(O)CC[C@H]2[C@H](CC[C@@H]3[C@@H]2CC[C@]2(C)[C@@H](CN4C[C@@H](c5ccccc5)CC4=O)CC[C@@H]32)C1. The molecule has 1 N–H and O–H groups in total. The number of amides is 1. The lowest BCUT2D eigenvalue weighted by atomic mass is 9.49. The molecule has 0 bridgehead atoms. The van der Waals surface area contributed by atoms with Crippen LogP contribution in [0.15, 0.2) is 30.3 Å². The van der Waals surface area contributed by atoms with E-state index in [9.17, 15) is 9.90 Å². The second kappa shape index (κ2) is 8.11. The van der Waals surface area contributed by atoms with Crippen molar-refractivity contribution in [1.29, 1.82) is 0 Å². The molecule has 5 aliphatic rings. The molecular weight excluding hydrogens is 406 g/mol. The Morgan fingerprint density at radius 3 is 2.55 bits per heavy atom. The Hall–Kier alpha value is -1.35. The van der Waals surface area contributed by atoms with E-state index < -0.39 is 5.60 Å². The van der Waals surface area contributed by atoms with Gasteiger partial charge in [-0.3, -0.25) is 4.79 Å². The van der Waals surface area contributed by atoms with Crippen molar-refractivity contribution in [3.63, 3.8) is 0 Å². The first-order valence-electron chi connectivity index (χ1n) is 13.9. The quantitative estimate of drug-likeness (QED) is 0.613. The van der Waals surface area contributed by atoms with Crippen molar-refractivity contribution < 1.29 is 9.90 Å². The number of hydrogen-bond donors (Lipinski definition) is 1. The number of likely N-dealkylation sites (tertiary alicyclic amines) is 1. The fourth-order valence-corrected chi connectivity index (χ4v) is 9.65. The Bertz CT molecular complexity index is 881. The van der Waals surface area contributed by atoms with E-state index >= 15 is 0 Å². The van der Waals surface area contributed by atoms with Gasteiger partial charge < -0.3 is 10.0 Å². The van der Waals surface area contributed by atoms with E-state index in [1.54, 1.807) is 0 Å². The first-order chi connectivity index (χ1) is 15.8. The van der Waals surface area contributed by atoms with Crippen LogP contribution in [0.3, 0.4) is 0 Å². The lowest BCUT2D eigenvalue weighted by molar-refractivity contribution is -0.129. The van der Waals surface area contributed by atoms with Crippen LogP contribution < -0.4 is 0 Å². The second-order valence-corrected chi connectivity index (χ2v) is 13.1. The summed E-state index contributed by atoms with van der Waals surface area (Å²) in [5, 5.41) is 10.7. The van der Waals surface area contributed by atoms with Crippen LogP contribution in [0.1, 0.15) is 89.5 Å². The van der Waals surface area contributed by atoms with Gasteiger partial charge in [-0.2, -0.15) is 0 Å². The van der Waals surface area contributed by atoms with Crippen LogP contribution >= 0.6 is 0 Å². The molecule has 0 radical (unpaired) electrons. The Balaban J connectivity index is 1.14. The summed E-state index contributed by atoms with van der Waals surface area (Å²) in [6.45, 7) is 6.56. The summed E-state index contributed by atoms with van der Waals surface area (Å²) >= 11 is 0. The van der Waals surface area contributed by atoms with Gasteiger partial charge in [0.15, 0.2) is 0 Å². The minimum absolute atomic E-state index is 0.373. The van der Waals surface area contributed by atoms with Gasteiger partial charge in [0, 0.05) is 25.4 Å². The first kappa shape index (κ1) is 22.1. The summed E-state index contributed by atoms with van der Waals surface area (Å²) in [5.74, 6) is 5.68. The van der Waals surface area contributed by atoms with Gasteiger partial charge in [0.05, 0.1) is 5.60 Å². The van der Waals surface area contributed by atoms with Gasteiger partial charge in [-0.25, -0.2) is 0 Å². The van der Waals surface area contributed by atoms with Gasteiger partial charge in [0.1, 0.15) is 0 Å². The van der Waals surface area contributed by atoms with Crippen molar-refractivity contribution in [2.24, 2.45) is 40.9 Å². The lowest BCUT2D eigenvalue weighted by Gasteiger charge is -2.57. The Morgan fingerprint density at radius 2 is 1.73 bits per heavy atom. The molecule has 0 spiro atoms. The molecule has 1 amide bonds. The molecule has 9 atom stereocenters. The predicted octanol–water partition coefficient (Wildman–Crippen LogP) is 6.02. The summed E-state index contributed by atoms with van der Waals surface area (Å²) in [6.07, 6.45) is 12.1. The highest BCUT2D eigenvalue weighted by Gasteiger charge is 2.57. The van der Waals surface area contributed by atoms with Gasteiger partial charge in [-0.15, -0.1) is 0 Å². The highest BCUT2D eigenvalue weighted by Crippen LogP contribution is 2.64. The van der Waals surface area contributed by atoms with Gasteiger partial charge in [0.25, 0.3) is 0 Å². The Labute approximate surface area is 200 Å². The number of carbonyl (C=O) groups excluding carboxylic acids is 1. The van der Waals surface area contributed by atoms with Crippen molar-refractivity contribution in [3.8, 4) is 0 Å². The van der Waals surface area contributed by atoms with Gasteiger partial charge in [-0.05, 0) is 111 Å². The van der Waals surface area contributed by atoms with E-state index in [1.165, 1.54) is 50.5 Å². The van der Waals surface area contributed by atoms with Crippen LogP contribution in [0, 0.1) is 40.9 Å². The normalized spacial score (nSPS) is 47.2. The third-order valence-electron chi connectivity index (χ3n) is 11.4. The van der Waals surface area contributed by atoms with Crippen LogP contribution in [0.4, 0.5) is 0 Å². The topological polar surface area (TPSA) is 40.5 Å². The Kier molecular flexibility index (Phi) is 5.44. The zero-order valence-corrected chi connectivity index (χ0v) is 20.7. The van der Waals surface area contributed by atoms with E-state index in [4.69, 9.17) is 0 Å². The number of fused-ring (bicyclic) bond motifs is 5. The molecular formula is C30H43NO2. The van der Waals surface area contributed by atoms with Crippen molar-refractivity contribution in [1.82, 2.24) is 4.90 Å². The molecule has 3 nitrogen and oxygen atoms in total. The second-order valence-electron chi connectivity index (χ2n) is 13.1. The predicted molar refractivity (Wildman–Crippen MR) is 132 cm³/mol. The van der Waals surface area contributed by atoms with Crippen molar-refractivity contribution in [2.45, 2.75) is 89.6 Å². The van der Waals surface area contributed by atoms with Crippen LogP contribution in [-0.4, -0.2) is 34.6 Å². The summed E-state index contributed by atoms with van der Waals surface area (Å²) in [7, 11) is 0. The van der Waals surface area contributed by atoms with Crippen LogP contribution in [0.2, 0.25) is 0 Å². The molecule has 1 saturated heterocycles. The van der Waals surface area contributed by atoms with E-state index in [2.05, 4.69) is 49.1 Å². The number of rotatable bonds is 3. The lowest BCUT2D eigenvalue weighted by Crippen LogP contribution is -2.51. The minimum Gasteiger partial charge on any atom is -0.390 e. The van der Waals surface area contributed by atoms with Gasteiger partial charge in [-0.1, -0.05) is 37.3 Å². The zero-order chi connectivity index (χ0) is 22.8. The minimum atomic E-state index is -0.421. The Morgan fingerprint density at radius 1 is 0.939 bits per heavy atom. The molecule has 4 aliphatic carbocycles. The molecule has 1 aromatic rings. The third kappa shape index (κ3) is 3.77. The highest BCUT2D eigenvalue weighted by atomic mass is 16.3. The molecule has 0 aromatic heterocycles. The van der Waals surface area contributed by atoms with E-state index in [-0.39, 0.29) is 0 Å². The van der Waals surface area contributed by atoms with Crippen LogP contribution in [0.5, 0.6) is 0 Å². The molecule has 0 unspecified atom stereocenters. The summed E-state index contributed by atoms with van der Waals surface area (Å²) in [6, 6.07) is 10.7. The van der Waals surface area contributed by atoms with Crippen molar-refractivity contribution in [2.75, 3.05) is 13.1 Å². The maximum absolute atomic E-state index is 13.0. The molecule has 6 rings (SSSR count). The number of benzene rings is 1. The summed E-state index contributed by atoms with van der Waals surface area (Å²) in [4.78, 5) is 15.2.